The second kappa shape index (κ2) is 10.7. The normalized spacial score (nSPS) is 13.8. The summed E-state index contributed by atoms with van der Waals surface area (Å²) < 4.78 is 0. The zero-order valence-corrected chi connectivity index (χ0v) is 29.6. The first kappa shape index (κ1) is 29.7. The molecule has 0 N–H and O–H groups in total. The molecule has 1 aliphatic carbocycles. The van der Waals surface area contributed by atoms with Crippen LogP contribution in [-0.2, 0) is 5.41 Å². The van der Waals surface area contributed by atoms with Crippen LogP contribution in [0.3, 0.4) is 0 Å². The van der Waals surface area contributed by atoms with Gasteiger partial charge in [-0.25, -0.2) is 0 Å². The third-order valence-electron chi connectivity index (χ3n) is 10.6. The highest BCUT2D eigenvalue weighted by molar-refractivity contribution is 6.88. The number of fused-ring (bicyclic) bond motifs is 10. The van der Waals surface area contributed by atoms with Crippen molar-refractivity contribution in [2.75, 3.05) is 4.90 Å². The van der Waals surface area contributed by atoms with Crippen LogP contribution in [-0.4, -0.2) is 8.07 Å². The molecule has 47 heavy (non-hydrogen) atoms. The second-order valence-corrected chi connectivity index (χ2v) is 20.3. The highest BCUT2D eigenvalue weighted by Gasteiger charge is 2.40. The molecule has 0 unspecified atom stereocenters. The first-order valence-electron chi connectivity index (χ1n) is 17.1. The lowest BCUT2D eigenvalue weighted by molar-refractivity contribution is 0.667. The Bertz CT molecular complexity index is 2320. The molecular weight excluding hydrogens is 583 g/mol. The van der Waals surface area contributed by atoms with Crippen LogP contribution in [0, 0.1) is 0 Å². The maximum Gasteiger partial charge on any atom is 0.0775 e. The Labute approximate surface area is 280 Å². The molecule has 0 saturated carbocycles. The molecule has 8 rings (SSSR count). The van der Waals surface area contributed by atoms with E-state index in [0.29, 0.717) is 5.92 Å². The molecule has 0 atom stereocenters. The summed E-state index contributed by atoms with van der Waals surface area (Å²) in [6.07, 6.45) is 0. The molecule has 0 radical (unpaired) electrons. The number of nitrogens with zero attached hydrogens (tertiary/aromatic N) is 1. The van der Waals surface area contributed by atoms with Crippen molar-refractivity contribution >= 4 is 62.6 Å². The van der Waals surface area contributed by atoms with E-state index >= 15 is 0 Å². The van der Waals surface area contributed by atoms with Gasteiger partial charge in [0.25, 0.3) is 0 Å². The standard InChI is InChI=1S/C45H43NSi/c1-29(2)30-20-22-31(23-21-30)46(32-24-26-33(27-25-32)47(5,6)7)41-28-40-42(38-18-12-10-16-36(38)41)43-37-17-11-8-14-34(37)35-15-9-13-19-39(35)44(43)45(40,3)4/h8-29H,1-7H3. The fourth-order valence-corrected chi connectivity index (χ4v) is 9.20. The Kier molecular flexibility index (Phi) is 6.76. The Morgan fingerprint density at radius 1 is 0.532 bits per heavy atom. The maximum absolute atomic E-state index is 2.52. The zero-order valence-electron chi connectivity index (χ0n) is 28.6. The number of hydrogen-bond donors (Lipinski definition) is 0. The van der Waals surface area contributed by atoms with Crippen molar-refractivity contribution in [2.24, 2.45) is 0 Å². The molecular formula is C45H43NSi. The Morgan fingerprint density at radius 3 is 1.55 bits per heavy atom. The smallest absolute Gasteiger partial charge is 0.0775 e. The predicted octanol–water partition coefficient (Wildman–Crippen LogP) is 12.6. The van der Waals surface area contributed by atoms with Crippen molar-refractivity contribution in [1.82, 2.24) is 0 Å². The van der Waals surface area contributed by atoms with Gasteiger partial charge in [0.05, 0.1) is 13.8 Å². The predicted molar refractivity (Wildman–Crippen MR) is 208 cm³/mol. The second-order valence-electron chi connectivity index (χ2n) is 15.2. The van der Waals surface area contributed by atoms with Gasteiger partial charge in [0.2, 0.25) is 0 Å². The summed E-state index contributed by atoms with van der Waals surface area (Å²) in [5.41, 5.74) is 10.4. The van der Waals surface area contributed by atoms with Gasteiger partial charge < -0.3 is 4.90 Å². The first-order chi connectivity index (χ1) is 22.6. The summed E-state index contributed by atoms with van der Waals surface area (Å²) in [6.45, 7) is 16.7. The van der Waals surface area contributed by atoms with Gasteiger partial charge in [-0.1, -0.05) is 150 Å². The SMILES string of the molecule is CC(C)c1ccc(N(c2ccc([Si](C)(C)C)cc2)c2cc3c(c4ccccc24)-c2c(c4ccccc4c4ccccc24)C3(C)C)cc1. The molecule has 7 aromatic carbocycles. The largest absolute Gasteiger partial charge is 0.310 e. The minimum Gasteiger partial charge on any atom is -0.310 e. The van der Waals surface area contributed by atoms with Crippen LogP contribution in [0.5, 0.6) is 0 Å². The Morgan fingerprint density at radius 2 is 1.00 bits per heavy atom. The van der Waals surface area contributed by atoms with E-state index in [2.05, 4.69) is 180 Å². The molecule has 7 aromatic rings. The quantitative estimate of drug-likeness (QED) is 0.136. The van der Waals surface area contributed by atoms with E-state index < -0.39 is 8.07 Å². The summed E-state index contributed by atoms with van der Waals surface area (Å²) in [4.78, 5) is 2.50. The maximum atomic E-state index is 2.52. The molecule has 0 aliphatic heterocycles. The van der Waals surface area contributed by atoms with E-state index in [1.54, 1.807) is 0 Å². The van der Waals surface area contributed by atoms with Crippen molar-refractivity contribution in [2.45, 2.75) is 58.7 Å². The fraction of sp³-hybridized carbons (Fsp3) is 0.200. The summed E-state index contributed by atoms with van der Waals surface area (Å²) in [6, 6.07) is 48.3. The lowest BCUT2D eigenvalue weighted by Crippen LogP contribution is -2.37. The van der Waals surface area contributed by atoms with Crippen LogP contribution < -0.4 is 10.1 Å². The first-order valence-corrected chi connectivity index (χ1v) is 20.6. The molecule has 0 aromatic heterocycles. The average Bonchev–Trinajstić information content (AvgIpc) is 3.32. The van der Waals surface area contributed by atoms with Crippen molar-refractivity contribution in [3.05, 3.63) is 144 Å². The fourth-order valence-electron chi connectivity index (χ4n) is 8.03. The van der Waals surface area contributed by atoms with Crippen molar-refractivity contribution in [3.8, 4) is 11.1 Å². The van der Waals surface area contributed by atoms with Gasteiger partial charge in [0.1, 0.15) is 0 Å². The van der Waals surface area contributed by atoms with Crippen LogP contribution >= 0.6 is 0 Å². The topological polar surface area (TPSA) is 3.24 Å². The molecule has 1 aliphatic rings. The van der Waals surface area contributed by atoms with E-state index in [9.17, 15) is 0 Å². The zero-order chi connectivity index (χ0) is 32.7. The van der Waals surface area contributed by atoms with Crippen molar-refractivity contribution in [3.63, 3.8) is 0 Å². The third kappa shape index (κ3) is 4.57. The molecule has 1 nitrogen and oxygen atoms in total. The number of rotatable bonds is 5. The Balaban J connectivity index is 1.46. The van der Waals surface area contributed by atoms with Gasteiger partial charge in [0.15, 0.2) is 0 Å². The summed E-state index contributed by atoms with van der Waals surface area (Å²) in [5.74, 6) is 0.485. The summed E-state index contributed by atoms with van der Waals surface area (Å²) in [7, 11) is -1.45. The lowest BCUT2D eigenvalue weighted by atomic mass is 9.79. The third-order valence-corrected chi connectivity index (χ3v) is 12.6. The van der Waals surface area contributed by atoms with Gasteiger partial charge in [-0.2, -0.15) is 0 Å². The monoisotopic (exact) mass is 625 g/mol. The van der Waals surface area contributed by atoms with Crippen LogP contribution in [0.1, 0.15) is 50.3 Å². The van der Waals surface area contributed by atoms with Crippen LogP contribution in [0.4, 0.5) is 17.1 Å². The van der Waals surface area contributed by atoms with Crippen LogP contribution in [0.15, 0.2) is 127 Å². The number of benzene rings is 7. The van der Waals surface area contributed by atoms with E-state index in [1.165, 1.54) is 82.4 Å². The molecule has 0 fully saturated rings. The molecule has 0 bridgehead atoms. The van der Waals surface area contributed by atoms with Gasteiger partial charge in [-0.15, -0.1) is 0 Å². The summed E-state index contributed by atoms with van der Waals surface area (Å²) >= 11 is 0. The lowest BCUT2D eigenvalue weighted by Gasteiger charge is -2.30. The molecule has 0 saturated heterocycles. The minimum atomic E-state index is -1.45. The molecule has 0 amide bonds. The minimum absolute atomic E-state index is 0.193. The molecule has 0 spiro atoms. The number of hydrogen-bond acceptors (Lipinski definition) is 1. The Hall–Kier alpha value is -4.66. The van der Waals surface area contributed by atoms with Gasteiger partial charge >= 0.3 is 0 Å². The van der Waals surface area contributed by atoms with E-state index in [1.807, 2.05) is 0 Å². The van der Waals surface area contributed by atoms with Gasteiger partial charge in [-0.3, -0.25) is 0 Å². The molecule has 0 heterocycles. The van der Waals surface area contributed by atoms with Crippen molar-refractivity contribution in [1.29, 1.82) is 0 Å². The molecule has 2 heteroatoms. The highest BCUT2D eigenvalue weighted by Crippen LogP contribution is 2.58. The molecule has 232 valence electrons. The van der Waals surface area contributed by atoms with Gasteiger partial charge in [-0.05, 0) is 91.0 Å². The highest BCUT2D eigenvalue weighted by atomic mass is 28.3. The number of anilines is 3. The van der Waals surface area contributed by atoms with Crippen molar-refractivity contribution < 1.29 is 0 Å². The van der Waals surface area contributed by atoms with E-state index in [4.69, 9.17) is 0 Å². The van der Waals surface area contributed by atoms with Gasteiger partial charge in [0, 0.05) is 22.2 Å². The average molecular weight is 626 g/mol. The van der Waals surface area contributed by atoms with Crippen LogP contribution in [0.25, 0.3) is 43.4 Å². The van der Waals surface area contributed by atoms with Crippen LogP contribution in [0.2, 0.25) is 19.6 Å². The van der Waals surface area contributed by atoms with E-state index in [0.717, 1.165) is 0 Å². The van der Waals surface area contributed by atoms with E-state index in [-0.39, 0.29) is 5.41 Å². The summed E-state index contributed by atoms with van der Waals surface area (Å²) in [5, 5.41) is 9.43.